The fourth-order valence-electron chi connectivity index (χ4n) is 1.64. The number of nitrogens with one attached hydrogen (secondary N) is 1. The third-order valence-electron chi connectivity index (χ3n) is 3.11. The molecule has 0 radical (unpaired) electrons. The number of carbonyl (C=O) groups is 1. The summed E-state index contributed by atoms with van der Waals surface area (Å²) in [6, 6.07) is 9.66. The van der Waals surface area contributed by atoms with Gasteiger partial charge in [-0.2, -0.15) is 0 Å². The number of hydrogen-bond donors (Lipinski definition) is 2. The van der Waals surface area contributed by atoms with Gasteiger partial charge in [-0.15, -0.1) is 0 Å². The summed E-state index contributed by atoms with van der Waals surface area (Å²) in [7, 11) is 0. The molecule has 0 heterocycles. The highest BCUT2D eigenvalue weighted by molar-refractivity contribution is 5.77. The van der Waals surface area contributed by atoms with Crippen LogP contribution in [0.15, 0.2) is 30.3 Å². The molecular weight excluding hydrogens is 242 g/mol. The molecule has 1 aromatic carbocycles. The molecule has 0 saturated heterocycles. The monoisotopic (exact) mass is 265 g/mol. The number of carbonyl (C=O) groups excluding carboxylic acids is 1. The number of aliphatic hydroxyl groups is 1. The number of aliphatic hydroxyl groups excluding tert-OH is 1. The van der Waals surface area contributed by atoms with Crippen LogP contribution in [0.3, 0.4) is 0 Å². The third-order valence-corrected chi connectivity index (χ3v) is 3.11. The molecule has 106 valence electrons. The second-order valence-electron chi connectivity index (χ2n) is 4.78. The number of hydrogen-bond acceptors (Lipinski definition) is 3. The second-order valence-corrected chi connectivity index (χ2v) is 4.78. The van der Waals surface area contributed by atoms with Gasteiger partial charge >= 0.3 is 0 Å². The fraction of sp³-hybridized carbons (Fsp3) is 0.533. The van der Waals surface area contributed by atoms with E-state index in [1.54, 1.807) is 0 Å². The Morgan fingerprint density at radius 2 is 2.00 bits per heavy atom. The molecule has 4 nitrogen and oxygen atoms in total. The van der Waals surface area contributed by atoms with E-state index in [-0.39, 0.29) is 17.9 Å². The summed E-state index contributed by atoms with van der Waals surface area (Å²) in [5.74, 6) is -0.295. The molecule has 0 fully saturated rings. The predicted molar refractivity (Wildman–Crippen MR) is 74.1 cm³/mol. The lowest BCUT2D eigenvalue weighted by molar-refractivity contribution is -0.138. The Balaban J connectivity index is 2.20. The van der Waals surface area contributed by atoms with E-state index in [0.717, 1.165) is 12.0 Å². The zero-order valence-electron chi connectivity index (χ0n) is 11.6. The van der Waals surface area contributed by atoms with Crippen molar-refractivity contribution in [2.75, 3.05) is 0 Å². The van der Waals surface area contributed by atoms with Crippen molar-refractivity contribution in [3.63, 3.8) is 0 Å². The van der Waals surface area contributed by atoms with Crippen molar-refractivity contribution in [3.05, 3.63) is 35.9 Å². The highest BCUT2D eigenvalue weighted by Crippen LogP contribution is 2.10. The second kappa shape index (κ2) is 8.67. The molecule has 1 unspecified atom stereocenters. The summed E-state index contributed by atoms with van der Waals surface area (Å²) >= 11 is 0. The van der Waals surface area contributed by atoms with Crippen LogP contribution in [0, 0.1) is 5.92 Å². The molecule has 0 aliphatic heterocycles. The van der Waals surface area contributed by atoms with E-state index in [0.29, 0.717) is 19.4 Å². The summed E-state index contributed by atoms with van der Waals surface area (Å²) in [5.41, 5.74) is 3.46. The molecule has 0 bridgehead atoms. The van der Waals surface area contributed by atoms with Crippen LogP contribution < -0.4 is 5.48 Å². The molecule has 0 aromatic heterocycles. The number of benzene rings is 1. The summed E-state index contributed by atoms with van der Waals surface area (Å²) in [6.07, 6.45) is 1.71. The first-order chi connectivity index (χ1) is 9.13. The maximum Gasteiger partial charge on any atom is 0.246 e. The first-order valence-corrected chi connectivity index (χ1v) is 6.77. The van der Waals surface area contributed by atoms with E-state index in [9.17, 15) is 9.90 Å². The van der Waals surface area contributed by atoms with Crippen LogP contribution >= 0.6 is 0 Å². The van der Waals surface area contributed by atoms with Crippen molar-refractivity contribution in [3.8, 4) is 0 Å². The molecule has 19 heavy (non-hydrogen) atoms. The van der Waals surface area contributed by atoms with Crippen molar-refractivity contribution < 1.29 is 14.7 Å². The number of hydroxylamine groups is 1. The maximum absolute atomic E-state index is 11.7. The van der Waals surface area contributed by atoms with Gasteiger partial charge in [-0.1, -0.05) is 44.2 Å². The van der Waals surface area contributed by atoms with Gasteiger partial charge < -0.3 is 5.11 Å². The highest BCUT2D eigenvalue weighted by atomic mass is 16.6. The highest BCUT2D eigenvalue weighted by Gasteiger charge is 2.14. The Labute approximate surface area is 114 Å². The van der Waals surface area contributed by atoms with Crippen molar-refractivity contribution in [1.82, 2.24) is 5.48 Å². The van der Waals surface area contributed by atoms with Gasteiger partial charge in [0.1, 0.15) is 0 Å². The van der Waals surface area contributed by atoms with Crippen molar-refractivity contribution in [1.29, 1.82) is 0 Å². The van der Waals surface area contributed by atoms with Crippen molar-refractivity contribution in [2.45, 2.75) is 45.8 Å². The minimum atomic E-state index is -0.319. The molecule has 4 heteroatoms. The summed E-state index contributed by atoms with van der Waals surface area (Å²) in [6.45, 7) is 4.12. The first-order valence-electron chi connectivity index (χ1n) is 6.77. The lowest BCUT2D eigenvalue weighted by atomic mass is 10.0. The van der Waals surface area contributed by atoms with Gasteiger partial charge in [-0.3, -0.25) is 9.63 Å². The number of rotatable bonds is 8. The molecule has 2 N–H and O–H groups in total. The third kappa shape index (κ3) is 6.36. The first kappa shape index (κ1) is 15.7. The van der Waals surface area contributed by atoms with E-state index < -0.39 is 0 Å². The Morgan fingerprint density at radius 1 is 1.32 bits per heavy atom. The summed E-state index contributed by atoms with van der Waals surface area (Å²) in [5, 5.41) is 9.45. The predicted octanol–water partition coefficient (Wildman–Crippen LogP) is 2.42. The van der Waals surface area contributed by atoms with Crippen LogP contribution in [0.1, 0.15) is 38.7 Å². The Hall–Kier alpha value is -1.39. The normalized spacial score (nSPS) is 13.8. The minimum Gasteiger partial charge on any atom is -0.393 e. The van der Waals surface area contributed by atoms with Crippen molar-refractivity contribution >= 4 is 5.91 Å². The molecule has 0 spiro atoms. The van der Waals surface area contributed by atoms with Gasteiger partial charge in [0.05, 0.1) is 12.7 Å². The van der Waals surface area contributed by atoms with E-state index in [1.165, 1.54) is 0 Å². The van der Waals surface area contributed by atoms with Crippen LogP contribution in [0.2, 0.25) is 0 Å². The average molecular weight is 265 g/mol. The molecule has 1 rings (SSSR count). The van der Waals surface area contributed by atoms with Crippen LogP contribution in [0.5, 0.6) is 0 Å². The van der Waals surface area contributed by atoms with Crippen LogP contribution in [0.25, 0.3) is 0 Å². The van der Waals surface area contributed by atoms with Crippen LogP contribution in [-0.4, -0.2) is 17.1 Å². The van der Waals surface area contributed by atoms with Gasteiger partial charge in [-0.05, 0) is 24.8 Å². The maximum atomic E-state index is 11.7. The smallest absolute Gasteiger partial charge is 0.246 e. The van der Waals surface area contributed by atoms with Gasteiger partial charge in [0, 0.05) is 5.92 Å². The van der Waals surface area contributed by atoms with E-state index >= 15 is 0 Å². The average Bonchev–Trinajstić information content (AvgIpc) is 2.45. The van der Waals surface area contributed by atoms with Crippen LogP contribution in [0.4, 0.5) is 0 Å². The Morgan fingerprint density at radius 3 is 2.63 bits per heavy atom. The topological polar surface area (TPSA) is 58.6 Å². The van der Waals surface area contributed by atoms with Gasteiger partial charge in [0.2, 0.25) is 5.91 Å². The van der Waals surface area contributed by atoms with Gasteiger partial charge in [0.15, 0.2) is 0 Å². The lowest BCUT2D eigenvalue weighted by Gasteiger charge is -2.13. The molecule has 1 amide bonds. The lowest BCUT2D eigenvalue weighted by Crippen LogP contribution is -2.29. The molecule has 2 atom stereocenters. The van der Waals surface area contributed by atoms with Gasteiger partial charge in [0.25, 0.3) is 0 Å². The minimum absolute atomic E-state index is 0.140. The molecule has 0 aliphatic carbocycles. The summed E-state index contributed by atoms with van der Waals surface area (Å²) in [4.78, 5) is 16.9. The number of amides is 1. The summed E-state index contributed by atoms with van der Waals surface area (Å²) < 4.78 is 0. The van der Waals surface area contributed by atoms with Gasteiger partial charge in [-0.25, -0.2) is 5.48 Å². The molecular formula is C15H23NO3. The van der Waals surface area contributed by atoms with Crippen LogP contribution in [-0.2, 0) is 16.2 Å². The standard InChI is InChI=1S/C15H23NO3/c1-3-14(17)10-9-12(2)15(18)16-19-11-13-7-5-4-6-8-13/h4-8,12,14,17H,3,9-11H2,1-2H3,(H,16,18)/t12-,14?/m1/s1. The molecule has 0 aliphatic rings. The Kier molecular flexibility index (Phi) is 7.15. The zero-order valence-corrected chi connectivity index (χ0v) is 11.6. The van der Waals surface area contributed by atoms with E-state index in [1.807, 2.05) is 44.2 Å². The molecule has 0 saturated carbocycles. The quantitative estimate of drug-likeness (QED) is 0.710. The molecule has 1 aromatic rings. The van der Waals surface area contributed by atoms with E-state index in [2.05, 4.69) is 5.48 Å². The fourth-order valence-corrected chi connectivity index (χ4v) is 1.64. The largest absolute Gasteiger partial charge is 0.393 e. The van der Waals surface area contributed by atoms with Crippen molar-refractivity contribution in [2.24, 2.45) is 5.92 Å². The Bertz CT molecular complexity index is 367. The SMILES string of the molecule is CCC(O)CC[C@@H](C)C(=O)NOCc1ccccc1. The van der Waals surface area contributed by atoms with E-state index in [4.69, 9.17) is 4.84 Å². The zero-order chi connectivity index (χ0) is 14.1.